The smallest absolute Gasteiger partial charge is 0.251 e. The molecular formula is C17H24N2O. The highest BCUT2D eigenvalue weighted by molar-refractivity contribution is 5.96. The number of hydrogen-bond donors (Lipinski definition) is 2. The number of nitrogen functional groups attached to an aromatic ring is 1. The third-order valence-corrected chi connectivity index (χ3v) is 5.29. The summed E-state index contributed by atoms with van der Waals surface area (Å²) in [4.78, 5) is 12.4. The maximum absolute atomic E-state index is 12.4. The number of fused-ring (bicyclic) bond motifs is 2. The first-order chi connectivity index (χ1) is 9.54. The summed E-state index contributed by atoms with van der Waals surface area (Å²) in [5.74, 6) is 2.47. The number of hydrogen-bond acceptors (Lipinski definition) is 2. The third kappa shape index (κ3) is 2.41. The maximum Gasteiger partial charge on any atom is 0.251 e. The van der Waals surface area contributed by atoms with Gasteiger partial charge in [0.25, 0.3) is 5.91 Å². The molecule has 0 radical (unpaired) electrons. The highest BCUT2D eigenvalue weighted by Crippen LogP contribution is 2.49. The van der Waals surface area contributed by atoms with E-state index >= 15 is 0 Å². The van der Waals surface area contributed by atoms with E-state index in [0.29, 0.717) is 11.6 Å². The Morgan fingerprint density at radius 3 is 2.75 bits per heavy atom. The summed E-state index contributed by atoms with van der Waals surface area (Å²) < 4.78 is 0. The monoisotopic (exact) mass is 272 g/mol. The van der Waals surface area contributed by atoms with Crippen molar-refractivity contribution >= 4 is 11.6 Å². The molecule has 1 aromatic rings. The molecule has 2 bridgehead atoms. The summed E-state index contributed by atoms with van der Waals surface area (Å²) in [6.07, 6.45) is 5.44. The molecule has 3 N–H and O–H groups in total. The molecule has 3 nitrogen and oxygen atoms in total. The molecule has 3 rings (SSSR count). The van der Waals surface area contributed by atoms with Crippen LogP contribution in [0.15, 0.2) is 18.2 Å². The Kier molecular flexibility index (Phi) is 3.45. The van der Waals surface area contributed by atoms with Crippen molar-refractivity contribution in [2.24, 2.45) is 17.8 Å². The van der Waals surface area contributed by atoms with Crippen LogP contribution in [0.2, 0.25) is 0 Å². The van der Waals surface area contributed by atoms with Crippen molar-refractivity contribution in [2.75, 3.05) is 5.73 Å². The van der Waals surface area contributed by atoms with Crippen molar-refractivity contribution in [3.8, 4) is 0 Å². The molecule has 0 saturated heterocycles. The van der Waals surface area contributed by atoms with E-state index in [9.17, 15) is 4.79 Å². The maximum atomic E-state index is 12.4. The lowest BCUT2D eigenvalue weighted by molar-refractivity contribution is 0.0914. The van der Waals surface area contributed by atoms with Gasteiger partial charge in [0.2, 0.25) is 0 Å². The Hall–Kier alpha value is -1.51. The zero-order valence-corrected chi connectivity index (χ0v) is 12.4. The van der Waals surface area contributed by atoms with Crippen LogP contribution in [0.3, 0.4) is 0 Å². The van der Waals surface area contributed by atoms with E-state index in [-0.39, 0.29) is 11.9 Å². The number of anilines is 1. The molecule has 2 aliphatic rings. The largest absolute Gasteiger partial charge is 0.399 e. The summed E-state index contributed by atoms with van der Waals surface area (Å²) in [5.41, 5.74) is 8.14. The minimum absolute atomic E-state index is 0.0396. The van der Waals surface area contributed by atoms with Crippen LogP contribution in [0.4, 0.5) is 5.69 Å². The Labute approximate surface area is 120 Å². The van der Waals surface area contributed by atoms with Crippen molar-refractivity contribution in [1.29, 1.82) is 0 Å². The average Bonchev–Trinajstić information content (AvgIpc) is 3.00. The van der Waals surface area contributed by atoms with Crippen molar-refractivity contribution < 1.29 is 4.79 Å². The van der Waals surface area contributed by atoms with E-state index in [1.807, 2.05) is 19.1 Å². The van der Waals surface area contributed by atoms with E-state index in [4.69, 9.17) is 5.73 Å². The molecule has 20 heavy (non-hydrogen) atoms. The van der Waals surface area contributed by atoms with Gasteiger partial charge in [-0.1, -0.05) is 6.42 Å². The summed E-state index contributed by atoms with van der Waals surface area (Å²) in [5, 5.41) is 3.20. The SMILES string of the molecule is Cc1cc(N)ccc1C(=O)NC(C)C1CC2CCC1C2. The molecule has 4 unspecified atom stereocenters. The Bertz CT molecular complexity index is 526. The fraction of sp³-hybridized carbons (Fsp3) is 0.588. The van der Waals surface area contributed by atoms with E-state index in [1.165, 1.54) is 25.7 Å². The van der Waals surface area contributed by atoms with Crippen LogP contribution in [-0.4, -0.2) is 11.9 Å². The normalized spacial score (nSPS) is 29.4. The van der Waals surface area contributed by atoms with Crippen molar-refractivity contribution in [1.82, 2.24) is 5.32 Å². The Morgan fingerprint density at radius 1 is 1.35 bits per heavy atom. The number of benzene rings is 1. The zero-order valence-electron chi connectivity index (χ0n) is 12.4. The lowest BCUT2D eigenvalue weighted by Gasteiger charge is -2.28. The zero-order chi connectivity index (χ0) is 14.3. The molecule has 0 aliphatic heterocycles. The molecule has 0 spiro atoms. The van der Waals surface area contributed by atoms with Gasteiger partial charge in [-0.15, -0.1) is 0 Å². The summed E-state index contributed by atoms with van der Waals surface area (Å²) in [7, 11) is 0. The number of carbonyl (C=O) groups excluding carboxylic acids is 1. The molecule has 0 heterocycles. The first-order valence-electron chi connectivity index (χ1n) is 7.71. The van der Waals surface area contributed by atoms with Crippen LogP contribution in [0, 0.1) is 24.7 Å². The van der Waals surface area contributed by atoms with Crippen LogP contribution in [0.25, 0.3) is 0 Å². The van der Waals surface area contributed by atoms with Crippen LogP contribution in [0.5, 0.6) is 0 Å². The molecule has 2 aliphatic carbocycles. The second-order valence-corrected chi connectivity index (χ2v) is 6.68. The number of nitrogens with one attached hydrogen (secondary N) is 1. The quantitative estimate of drug-likeness (QED) is 0.831. The molecule has 1 aromatic carbocycles. The molecule has 2 saturated carbocycles. The highest BCUT2D eigenvalue weighted by atomic mass is 16.1. The van der Waals surface area contributed by atoms with Crippen molar-refractivity contribution in [2.45, 2.75) is 45.6 Å². The van der Waals surface area contributed by atoms with Gasteiger partial charge in [-0.2, -0.15) is 0 Å². The number of nitrogens with two attached hydrogens (primary N) is 1. The van der Waals surface area contributed by atoms with Gasteiger partial charge in [0.1, 0.15) is 0 Å². The fourth-order valence-electron chi connectivity index (χ4n) is 4.24. The molecule has 0 aromatic heterocycles. The predicted molar refractivity (Wildman–Crippen MR) is 81.5 cm³/mol. The molecule has 3 heteroatoms. The lowest BCUT2D eigenvalue weighted by Crippen LogP contribution is -2.40. The van der Waals surface area contributed by atoms with Gasteiger partial charge >= 0.3 is 0 Å². The molecule has 2 fully saturated rings. The van der Waals surface area contributed by atoms with Crippen LogP contribution < -0.4 is 11.1 Å². The van der Waals surface area contributed by atoms with Crippen LogP contribution in [0.1, 0.15) is 48.5 Å². The number of aryl methyl sites for hydroxylation is 1. The van der Waals surface area contributed by atoms with Crippen LogP contribution in [-0.2, 0) is 0 Å². The second-order valence-electron chi connectivity index (χ2n) is 6.68. The standard InChI is InChI=1S/C17H24N2O/c1-10-7-14(18)5-6-15(10)17(20)19-11(2)16-9-12-3-4-13(16)8-12/h5-7,11-13,16H,3-4,8-9,18H2,1-2H3,(H,19,20). The van der Waals surface area contributed by atoms with Gasteiger partial charge in [0, 0.05) is 17.3 Å². The lowest BCUT2D eigenvalue weighted by atomic mass is 9.84. The van der Waals surface area contributed by atoms with Gasteiger partial charge in [-0.3, -0.25) is 4.79 Å². The van der Waals surface area contributed by atoms with E-state index in [1.54, 1.807) is 6.07 Å². The molecule has 108 valence electrons. The number of carbonyl (C=O) groups is 1. The minimum atomic E-state index is 0.0396. The molecule has 4 atom stereocenters. The van der Waals surface area contributed by atoms with Crippen LogP contribution >= 0.6 is 0 Å². The van der Waals surface area contributed by atoms with Gasteiger partial charge in [-0.25, -0.2) is 0 Å². The Balaban J connectivity index is 1.66. The van der Waals surface area contributed by atoms with Crippen molar-refractivity contribution in [3.05, 3.63) is 29.3 Å². The Morgan fingerprint density at radius 2 is 2.15 bits per heavy atom. The van der Waals surface area contributed by atoms with E-state index in [2.05, 4.69) is 12.2 Å². The first kappa shape index (κ1) is 13.5. The first-order valence-corrected chi connectivity index (χ1v) is 7.71. The van der Waals surface area contributed by atoms with Gasteiger partial charge < -0.3 is 11.1 Å². The number of amides is 1. The average molecular weight is 272 g/mol. The van der Waals surface area contributed by atoms with E-state index in [0.717, 1.165) is 23.0 Å². The predicted octanol–water partition coefficient (Wildman–Crippen LogP) is 3.13. The number of rotatable bonds is 3. The molecule has 1 amide bonds. The summed E-state index contributed by atoms with van der Waals surface area (Å²) in [6.45, 7) is 4.10. The summed E-state index contributed by atoms with van der Waals surface area (Å²) in [6, 6.07) is 5.75. The van der Waals surface area contributed by atoms with Gasteiger partial charge in [0.05, 0.1) is 0 Å². The van der Waals surface area contributed by atoms with Gasteiger partial charge in [0.15, 0.2) is 0 Å². The molecular weight excluding hydrogens is 248 g/mol. The minimum Gasteiger partial charge on any atom is -0.399 e. The van der Waals surface area contributed by atoms with Gasteiger partial charge in [-0.05, 0) is 74.6 Å². The topological polar surface area (TPSA) is 55.1 Å². The third-order valence-electron chi connectivity index (χ3n) is 5.29. The second kappa shape index (κ2) is 5.12. The van der Waals surface area contributed by atoms with Crippen molar-refractivity contribution in [3.63, 3.8) is 0 Å². The summed E-state index contributed by atoms with van der Waals surface area (Å²) >= 11 is 0. The highest BCUT2D eigenvalue weighted by Gasteiger charge is 2.42. The fourth-order valence-corrected chi connectivity index (χ4v) is 4.24. The van der Waals surface area contributed by atoms with E-state index < -0.39 is 0 Å².